The van der Waals surface area contributed by atoms with Crippen molar-refractivity contribution >= 4 is 17.5 Å². The molecule has 0 aromatic heterocycles. The maximum absolute atomic E-state index is 7.27. The van der Waals surface area contributed by atoms with Gasteiger partial charge < -0.3 is 17.2 Å². The third-order valence-corrected chi connectivity index (χ3v) is 1.87. The number of rotatable bonds is 3. The largest absolute Gasteiger partial charge is 0.384 e. The maximum Gasteiger partial charge on any atom is 0.122 e. The lowest BCUT2D eigenvalue weighted by atomic mass is 10.0. The lowest BCUT2D eigenvalue weighted by Crippen LogP contribution is -2.19. The molecule has 0 spiro atoms. The van der Waals surface area contributed by atoms with Crippen LogP contribution in [0.4, 0.5) is 0 Å². The van der Waals surface area contributed by atoms with Gasteiger partial charge in [0.05, 0.1) is 0 Å². The first-order valence-corrected chi connectivity index (χ1v) is 4.10. The van der Waals surface area contributed by atoms with Crippen molar-refractivity contribution in [3.05, 3.63) is 34.9 Å². The maximum atomic E-state index is 7.27. The molecule has 15 heavy (non-hydrogen) atoms. The summed E-state index contributed by atoms with van der Waals surface area (Å²) in [5.41, 5.74) is 17.1. The third kappa shape index (κ3) is 2.31. The first kappa shape index (κ1) is 10.7. The number of nitrogen functional groups attached to an aromatic ring is 3. The minimum Gasteiger partial charge on any atom is -0.384 e. The van der Waals surface area contributed by atoms with E-state index in [-0.39, 0.29) is 17.5 Å². The Morgan fingerprint density at radius 3 is 1.00 bits per heavy atom. The first-order valence-electron chi connectivity index (χ1n) is 4.10. The van der Waals surface area contributed by atoms with Crippen LogP contribution in [0.15, 0.2) is 18.2 Å². The summed E-state index contributed by atoms with van der Waals surface area (Å²) in [7, 11) is 0. The van der Waals surface area contributed by atoms with Gasteiger partial charge in [0.15, 0.2) is 0 Å². The molecule has 0 aliphatic rings. The zero-order valence-corrected chi connectivity index (χ0v) is 7.96. The van der Waals surface area contributed by atoms with Gasteiger partial charge in [-0.2, -0.15) is 0 Å². The second-order valence-electron chi connectivity index (χ2n) is 3.04. The Bertz CT molecular complexity index is 369. The van der Waals surface area contributed by atoms with Crippen LogP contribution in [0.5, 0.6) is 0 Å². The number of nitrogens with two attached hydrogens (primary N) is 3. The van der Waals surface area contributed by atoms with Crippen LogP contribution in [0.25, 0.3) is 0 Å². The van der Waals surface area contributed by atoms with Gasteiger partial charge in [-0.05, 0) is 18.2 Å². The minimum atomic E-state index is -0.152. The van der Waals surface area contributed by atoms with E-state index >= 15 is 0 Å². The Labute approximate surface area is 86.6 Å². The second kappa shape index (κ2) is 3.79. The predicted molar refractivity (Wildman–Crippen MR) is 59.5 cm³/mol. The molecule has 1 aromatic carbocycles. The zero-order chi connectivity index (χ0) is 11.6. The van der Waals surface area contributed by atoms with Gasteiger partial charge in [0.25, 0.3) is 0 Å². The zero-order valence-electron chi connectivity index (χ0n) is 7.96. The summed E-state index contributed by atoms with van der Waals surface area (Å²) in [5.74, 6) is -0.457. The molecule has 0 fully saturated rings. The van der Waals surface area contributed by atoms with Gasteiger partial charge >= 0.3 is 0 Å². The fourth-order valence-electron chi connectivity index (χ4n) is 1.09. The lowest BCUT2D eigenvalue weighted by Gasteiger charge is -2.06. The van der Waals surface area contributed by atoms with Crippen LogP contribution < -0.4 is 17.2 Å². The summed E-state index contributed by atoms with van der Waals surface area (Å²) in [5, 5.41) is 21.8. The molecular formula is C9H12N6. The van der Waals surface area contributed by atoms with E-state index in [1.165, 1.54) is 18.2 Å². The molecular weight excluding hydrogens is 192 g/mol. The van der Waals surface area contributed by atoms with Gasteiger partial charge in [0.1, 0.15) is 17.5 Å². The van der Waals surface area contributed by atoms with Crippen molar-refractivity contribution in [1.82, 2.24) is 0 Å². The third-order valence-electron chi connectivity index (χ3n) is 1.87. The Morgan fingerprint density at radius 1 is 0.667 bits per heavy atom. The molecule has 0 atom stereocenters. The van der Waals surface area contributed by atoms with Crippen molar-refractivity contribution in [2.75, 3.05) is 0 Å². The van der Waals surface area contributed by atoms with Crippen LogP contribution in [0.2, 0.25) is 0 Å². The monoisotopic (exact) mass is 204 g/mol. The summed E-state index contributed by atoms with van der Waals surface area (Å²) in [4.78, 5) is 0. The number of hydrogen-bond acceptors (Lipinski definition) is 3. The Kier molecular flexibility index (Phi) is 2.70. The molecule has 6 heteroatoms. The topological polar surface area (TPSA) is 150 Å². The smallest absolute Gasteiger partial charge is 0.122 e. The van der Waals surface area contributed by atoms with E-state index < -0.39 is 0 Å². The molecule has 0 saturated heterocycles. The number of benzene rings is 1. The highest BCUT2D eigenvalue weighted by molar-refractivity contribution is 6.05. The van der Waals surface area contributed by atoms with Gasteiger partial charge in [0, 0.05) is 16.7 Å². The van der Waals surface area contributed by atoms with Crippen LogP contribution >= 0.6 is 0 Å². The van der Waals surface area contributed by atoms with Crippen molar-refractivity contribution in [2.24, 2.45) is 17.2 Å². The average molecular weight is 204 g/mol. The molecule has 0 heterocycles. The molecule has 0 aliphatic heterocycles. The standard InChI is InChI=1S/C9H12N6/c10-7(11)4-1-5(8(12)13)3-6(2-4)9(14)15/h1-3H,(H3,10,11)(H3,12,13)(H3,14,15). The van der Waals surface area contributed by atoms with E-state index in [1.54, 1.807) is 0 Å². The van der Waals surface area contributed by atoms with E-state index in [0.717, 1.165) is 0 Å². The summed E-state index contributed by atoms with van der Waals surface area (Å²) in [6.45, 7) is 0. The highest BCUT2D eigenvalue weighted by Gasteiger charge is 2.06. The molecule has 0 amide bonds. The van der Waals surface area contributed by atoms with E-state index in [9.17, 15) is 0 Å². The van der Waals surface area contributed by atoms with Crippen molar-refractivity contribution in [1.29, 1.82) is 16.2 Å². The Hall–Kier alpha value is -2.37. The van der Waals surface area contributed by atoms with Crippen molar-refractivity contribution in [3.8, 4) is 0 Å². The Morgan fingerprint density at radius 2 is 0.867 bits per heavy atom. The van der Waals surface area contributed by atoms with Gasteiger partial charge in [-0.15, -0.1) is 0 Å². The van der Waals surface area contributed by atoms with E-state index in [4.69, 9.17) is 33.4 Å². The van der Waals surface area contributed by atoms with Crippen LogP contribution in [-0.2, 0) is 0 Å². The molecule has 0 saturated carbocycles. The van der Waals surface area contributed by atoms with Crippen LogP contribution in [0.3, 0.4) is 0 Å². The highest BCUT2D eigenvalue weighted by Crippen LogP contribution is 2.09. The number of amidine groups is 3. The minimum absolute atomic E-state index is 0.152. The molecule has 6 nitrogen and oxygen atoms in total. The Balaban J connectivity index is 3.39. The fraction of sp³-hybridized carbons (Fsp3) is 0. The molecule has 1 aromatic rings. The van der Waals surface area contributed by atoms with Crippen molar-refractivity contribution in [2.45, 2.75) is 0 Å². The SMILES string of the molecule is N=C(N)c1cc(C(=N)N)cc(C(=N)N)c1. The van der Waals surface area contributed by atoms with E-state index in [1.807, 2.05) is 0 Å². The normalized spacial score (nSPS) is 9.60. The number of nitrogens with one attached hydrogen (secondary N) is 3. The summed E-state index contributed by atoms with van der Waals surface area (Å²) in [6.07, 6.45) is 0. The lowest BCUT2D eigenvalue weighted by molar-refractivity contribution is 1.37. The van der Waals surface area contributed by atoms with Gasteiger partial charge in [-0.25, -0.2) is 0 Å². The fourth-order valence-corrected chi connectivity index (χ4v) is 1.09. The van der Waals surface area contributed by atoms with Crippen LogP contribution in [-0.4, -0.2) is 17.5 Å². The molecule has 9 N–H and O–H groups in total. The first-order chi connectivity index (χ1) is 6.91. The van der Waals surface area contributed by atoms with Crippen LogP contribution in [0.1, 0.15) is 16.7 Å². The van der Waals surface area contributed by atoms with E-state index in [0.29, 0.717) is 16.7 Å². The average Bonchev–Trinajstić information content (AvgIpc) is 2.16. The van der Waals surface area contributed by atoms with Gasteiger partial charge in [-0.3, -0.25) is 16.2 Å². The summed E-state index contributed by atoms with van der Waals surface area (Å²) in [6, 6.07) is 4.53. The molecule has 1 rings (SSSR count). The molecule has 0 unspecified atom stereocenters. The number of hydrogen-bond donors (Lipinski definition) is 6. The molecule has 78 valence electrons. The molecule has 0 aliphatic carbocycles. The highest BCUT2D eigenvalue weighted by atomic mass is 14.7. The summed E-state index contributed by atoms with van der Waals surface area (Å²) < 4.78 is 0. The summed E-state index contributed by atoms with van der Waals surface area (Å²) >= 11 is 0. The second-order valence-corrected chi connectivity index (χ2v) is 3.04. The molecule has 0 bridgehead atoms. The van der Waals surface area contributed by atoms with Crippen molar-refractivity contribution < 1.29 is 0 Å². The molecule has 0 radical (unpaired) electrons. The van der Waals surface area contributed by atoms with E-state index in [2.05, 4.69) is 0 Å². The quantitative estimate of drug-likeness (QED) is 0.292. The van der Waals surface area contributed by atoms with Gasteiger partial charge in [0.2, 0.25) is 0 Å². The predicted octanol–water partition coefficient (Wildman–Crippen LogP) is -0.461. The van der Waals surface area contributed by atoms with Gasteiger partial charge in [-0.1, -0.05) is 0 Å². The van der Waals surface area contributed by atoms with Crippen molar-refractivity contribution in [3.63, 3.8) is 0 Å². The van der Waals surface area contributed by atoms with Crippen LogP contribution in [0, 0.1) is 16.2 Å².